The maximum Gasteiger partial charge on any atom is 0.257 e. The highest BCUT2D eigenvalue weighted by Gasteiger charge is 2.10. The van der Waals surface area contributed by atoms with Crippen molar-refractivity contribution in [1.29, 1.82) is 0 Å². The molecular formula is C12H7Cl3N2O. The second-order valence-electron chi connectivity index (χ2n) is 3.47. The molecule has 0 fully saturated rings. The van der Waals surface area contributed by atoms with E-state index in [4.69, 9.17) is 34.8 Å². The Bertz CT molecular complexity index is 581. The van der Waals surface area contributed by atoms with Crippen LogP contribution in [0.5, 0.6) is 0 Å². The summed E-state index contributed by atoms with van der Waals surface area (Å²) in [6, 6.07) is 6.31. The first-order valence-corrected chi connectivity index (χ1v) is 6.06. The van der Waals surface area contributed by atoms with Crippen LogP contribution in [-0.2, 0) is 0 Å². The van der Waals surface area contributed by atoms with E-state index in [9.17, 15) is 4.79 Å². The van der Waals surface area contributed by atoms with E-state index in [0.717, 1.165) is 0 Å². The molecule has 18 heavy (non-hydrogen) atoms. The van der Waals surface area contributed by atoms with Gasteiger partial charge < -0.3 is 5.32 Å². The summed E-state index contributed by atoms with van der Waals surface area (Å²) in [7, 11) is 0. The number of pyridine rings is 1. The molecule has 0 aliphatic carbocycles. The predicted molar refractivity (Wildman–Crippen MR) is 73.7 cm³/mol. The number of carbonyl (C=O) groups is 1. The molecule has 0 saturated carbocycles. The Hall–Kier alpha value is -1.29. The van der Waals surface area contributed by atoms with Gasteiger partial charge in [0, 0.05) is 28.1 Å². The Balaban J connectivity index is 2.24. The van der Waals surface area contributed by atoms with Crippen LogP contribution in [-0.4, -0.2) is 10.9 Å². The first-order chi connectivity index (χ1) is 8.56. The van der Waals surface area contributed by atoms with Crippen molar-refractivity contribution < 1.29 is 4.79 Å². The molecule has 1 aromatic carbocycles. The SMILES string of the molecule is O=C(Nc1cc(Cl)cc(Cl)c1)c1ccncc1Cl. The Morgan fingerprint density at radius 1 is 1.11 bits per heavy atom. The normalized spacial score (nSPS) is 10.2. The van der Waals surface area contributed by atoms with Crippen molar-refractivity contribution >= 4 is 46.4 Å². The van der Waals surface area contributed by atoms with E-state index in [2.05, 4.69) is 10.3 Å². The van der Waals surface area contributed by atoms with Gasteiger partial charge in [-0.2, -0.15) is 0 Å². The van der Waals surface area contributed by atoms with Crippen LogP contribution in [0.1, 0.15) is 10.4 Å². The van der Waals surface area contributed by atoms with Gasteiger partial charge in [-0.1, -0.05) is 34.8 Å². The highest BCUT2D eigenvalue weighted by molar-refractivity contribution is 6.35. The Kier molecular flexibility index (Phi) is 4.07. The van der Waals surface area contributed by atoms with Gasteiger partial charge in [-0.3, -0.25) is 9.78 Å². The van der Waals surface area contributed by atoms with Crippen LogP contribution in [0, 0.1) is 0 Å². The molecule has 1 N–H and O–H groups in total. The minimum Gasteiger partial charge on any atom is -0.322 e. The molecule has 0 saturated heterocycles. The van der Waals surface area contributed by atoms with Crippen molar-refractivity contribution in [3.8, 4) is 0 Å². The van der Waals surface area contributed by atoms with Gasteiger partial charge in [-0.15, -0.1) is 0 Å². The van der Waals surface area contributed by atoms with E-state index in [0.29, 0.717) is 21.3 Å². The summed E-state index contributed by atoms with van der Waals surface area (Å²) in [5.74, 6) is -0.347. The molecule has 1 aromatic heterocycles. The molecule has 0 spiro atoms. The van der Waals surface area contributed by atoms with Crippen LogP contribution < -0.4 is 5.32 Å². The van der Waals surface area contributed by atoms with E-state index in [1.165, 1.54) is 18.5 Å². The lowest BCUT2D eigenvalue weighted by Gasteiger charge is -2.07. The second-order valence-corrected chi connectivity index (χ2v) is 4.75. The monoisotopic (exact) mass is 300 g/mol. The molecule has 6 heteroatoms. The molecule has 0 unspecified atom stereocenters. The first kappa shape index (κ1) is 13.1. The topological polar surface area (TPSA) is 42.0 Å². The smallest absolute Gasteiger partial charge is 0.257 e. The highest BCUT2D eigenvalue weighted by Crippen LogP contribution is 2.23. The molecule has 0 bridgehead atoms. The van der Waals surface area contributed by atoms with Crippen LogP contribution in [0.3, 0.4) is 0 Å². The molecule has 2 aromatic rings. The Labute approximate surface area is 119 Å². The third-order valence-electron chi connectivity index (χ3n) is 2.14. The van der Waals surface area contributed by atoms with Crippen molar-refractivity contribution in [3.05, 3.63) is 57.3 Å². The lowest BCUT2D eigenvalue weighted by Crippen LogP contribution is -2.12. The summed E-state index contributed by atoms with van der Waals surface area (Å²) < 4.78 is 0. The Morgan fingerprint density at radius 3 is 2.39 bits per heavy atom. The zero-order valence-electron chi connectivity index (χ0n) is 8.95. The van der Waals surface area contributed by atoms with Gasteiger partial charge in [0.05, 0.1) is 10.6 Å². The van der Waals surface area contributed by atoms with E-state index >= 15 is 0 Å². The average Bonchev–Trinajstić information content (AvgIpc) is 2.27. The second kappa shape index (κ2) is 5.57. The van der Waals surface area contributed by atoms with Crippen LogP contribution >= 0.6 is 34.8 Å². The summed E-state index contributed by atoms with van der Waals surface area (Å²) in [5.41, 5.74) is 0.841. The number of hydrogen-bond donors (Lipinski definition) is 1. The maximum atomic E-state index is 11.9. The van der Waals surface area contributed by atoms with Crippen molar-refractivity contribution in [3.63, 3.8) is 0 Å². The predicted octanol–water partition coefficient (Wildman–Crippen LogP) is 4.29. The zero-order chi connectivity index (χ0) is 13.1. The average molecular weight is 302 g/mol. The minimum absolute atomic E-state index is 0.281. The fraction of sp³-hybridized carbons (Fsp3) is 0. The number of benzene rings is 1. The molecular weight excluding hydrogens is 295 g/mol. The van der Waals surface area contributed by atoms with E-state index in [1.807, 2.05) is 0 Å². The van der Waals surface area contributed by atoms with Crippen molar-refractivity contribution in [2.45, 2.75) is 0 Å². The summed E-state index contributed by atoms with van der Waals surface area (Å²) in [5, 5.41) is 3.83. The number of rotatable bonds is 2. The molecule has 1 heterocycles. The third kappa shape index (κ3) is 3.13. The number of carbonyl (C=O) groups excluding carboxylic acids is 1. The van der Waals surface area contributed by atoms with Gasteiger partial charge in [0.2, 0.25) is 0 Å². The molecule has 1 amide bonds. The summed E-state index contributed by atoms with van der Waals surface area (Å²) in [4.78, 5) is 15.8. The standard InChI is InChI=1S/C12H7Cl3N2O/c13-7-3-8(14)5-9(4-7)17-12(18)10-1-2-16-6-11(10)15/h1-6H,(H,17,18). The summed E-state index contributed by atoms with van der Waals surface area (Å²) in [6.07, 6.45) is 2.90. The van der Waals surface area contributed by atoms with Crippen LogP contribution in [0.25, 0.3) is 0 Å². The molecule has 0 aliphatic rings. The molecule has 92 valence electrons. The van der Waals surface area contributed by atoms with Crippen LogP contribution in [0.2, 0.25) is 15.1 Å². The third-order valence-corrected chi connectivity index (χ3v) is 2.88. The van der Waals surface area contributed by atoms with E-state index in [-0.39, 0.29) is 10.9 Å². The maximum absolute atomic E-state index is 11.9. The van der Waals surface area contributed by atoms with Crippen molar-refractivity contribution in [2.75, 3.05) is 5.32 Å². The van der Waals surface area contributed by atoms with Gasteiger partial charge in [0.15, 0.2) is 0 Å². The molecule has 0 radical (unpaired) electrons. The zero-order valence-corrected chi connectivity index (χ0v) is 11.2. The highest BCUT2D eigenvalue weighted by atomic mass is 35.5. The number of amides is 1. The number of anilines is 1. The lowest BCUT2D eigenvalue weighted by atomic mass is 10.2. The van der Waals surface area contributed by atoms with Gasteiger partial charge >= 0.3 is 0 Å². The fourth-order valence-electron chi connectivity index (χ4n) is 1.38. The number of aromatic nitrogens is 1. The van der Waals surface area contributed by atoms with E-state index < -0.39 is 0 Å². The first-order valence-electron chi connectivity index (χ1n) is 4.93. The summed E-state index contributed by atoms with van der Waals surface area (Å²) >= 11 is 17.6. The fourth-order valence-corrected chi connectivity index (χ4v) is 2.11. The van der Waals surface area contributed by atoms with Gasteiger partial charge in [0.1, 0.15) is 0 Å². The minimum atomic E-state index is -0.347. The van der Waals surface area contributed by atoms with Crippen LogP contribution in [0.15, 0.2) is 36.7 Å². The Morgan fingerprint density at radius 2 is 1.78 bits per heavy atom. The molecule has 0 aliphatic heterocycles. The largest absolute Gasteiger partial charge is 0.322 e. The van der Waals surface area contributed by atoms with Gasteiger partial charge in [-0.05, 0) is 24.3 Å². The summed E-state index contributed by atoms with van der Waals surface area (Å²) in [6.45, 7) is 0. The van der Waals surface area contributed by atoms with Gasteiger partial charge in [-0.25, -0.2) is 0 Å². The number of nitrogens with one attached hydrogen (secondary N) is 1. The number of halogens is 3. The molecule has 2 rings (SSSR count). The van der Waals surface area contributed by atoms with Crippen LogP contribution in [0.4, 0.5) is 5.69 Å². The number of hydrogen-bond acceptors (Lipinski definition) is 2. The van der Waals surface area contributed by atoms with Crippen molar-refractivity contribution in [1.82, 2.24) is 4.98 Å². The molecule has 3 nitrogen and oxygen atoms in total. The van der Waals surface area contributed by atoms with E-state index in [1.54, 1.807) is 18.2 Å². The van der Waals surface area contributed by atoms with Gasteiger partial charge in [0.25, 0.3) is 5.91 Å². The van der Waals surface area contributed by atoms with Crippen molar-refractivity contribution in [2.24, 2.45) is 0 Å². The lowest BCUT2D eigenvalue weighted by molar-refractivity contribution is 0.102. The molecule has 0 atom stereocenters. The quantitative estimate of drug-likeness (QED) is 0.899. The number of nitrogens with zero attached hydrogens (tertiary/aromatic N) is 1.